The first-order valence-corrected chi connectivity index (χ1v) is 5.88. The molecular weight excluding hydrogens is 243 g/mol. The van der Waals surface area contributed by atoms with Gasteiger partial charge in [0, 0.05) is 0 Å². The summed E-state index contributed by atoms with van der Waals surface area (Å²) in [5.41, 5.74) is 2.48. The molecule has 5 heteroatoms. The van der Waals surface area contributed by atoms with Crippen LogP contribution in [0.15, 0.2) is 48.7 Å². The van der Waals surface area contributed by atoms with Crippen LogP contribution in [-0.2, 0) is 6.54 Å². The summed E-state index contributed by atoms with van der Waals surface area (Å²) < 4.78 is 12.9. The molecule has 4 nitrogen and oxygen atoms in total. The van der Waals surface area contributed by atoms with Crippen LogP contribution in [0.1, 0.15) is 5.69 Å². The highest BCUT2D eigenvalue weighted by Crippen LogP contribution is 2.10. The van der Waals surface area contributed by atoms with E-state index in [1.165, 1.54) is 6.07 Å². The molecule has 0 atom stereocenters. The number of benzene rings is 1. The van der Waals surface area contributed by atoms with E-state index >= 15 is 0 Å². The van der Waals surface area contributed by atoms with Gasteiger partial charge >= 0.3 is 0 Å². The monoisotopic (exact) mass is 254 g/mol. The highest BCUT2D eigenvalue weighted by atomic mass is 19.1. The van der Waals surface area contributed by atoms with Gasteiger partial charge in [-0.3, -0.25) is 4.98 Å². The Morgan fingerprint density at radius 2 is 1.79 bits per heavy atom. The molecule has 0 bridgehead atoms. The third kappa shape index (κ3) is 2.65. The van der Waals surface area contributed by atoms with Gasteiger partial charge in [-0.25, -0.2) is 9.97 Å². The molecule has 0 saturated carbocycles. The van der Waals surface area contributed by atoms with Gasteiger partial charge in [-0.2, -0.15) is 4.39 Å². The summed E-state index contributed by atoms with van der Waals surface area (Å²) >= 11 is 0. The lowest BCUT2D eigenvalue weighted by Crippen LogP contribution is -2.04. The fraction of sp³-hybridized carbons (Fsp3) is 0.0714. The number of anilines is 1. The minimum atomic E-state index is -0.505. The Kier molecular flexibility index (Phi) is 3.02. The van der Waals surface area contributed by atoms with Crippen LogP contribution in [0.2, 0.25) is 0 Å². The van der Waals surface area contributed by atoms with E-state index < -0.39 is 5.95 Å². The molecule has 0 saturated heterocycles. The standard InChI is InChI=1S/C14H11FN4/c15-13-6-3-7-14(19-13)17-9-10-8-16-11-4-1-2-5-12(11)18-10/h1-8H,9H2,(H,17,19). The smallest absolute Gasteiger partial charge is 0.214 e. The van der Waals surface area contributed by atoms with Crippen molar-refractivity contribution in [1.82, 2.24) is 15.0 Å². The Morgan fingerprint density at radius 1 is 0.947 bits per heavy atom. The topological polar surface area (TPSA) is 50.7 Å². The van der Waals surface area contributed by atoms with Gasteiger partial charge in [0.05, 0.1) is 29.5 Å². The molecule has 0 spiro atoms. The van der Waals surface area contributed by atoms with Gasteiger partial charge in [-0.05, 0) is 24.3 Å². The first-order chi connectivity index (χ1) is 9.31. The van der Waals surface area contributed by atoms with Gasteiger partial charge in [-0.15, -0.1) is 0 Å². The number of pyridine rings is 1. The fourth-order valence-electron chi connectivity index (χ4n) is 1.77. The summed E-state index contributed by atoms with van der Waals surface area (Å²) in [7, 11) is 0. The van der Waals surface area contributed by atoms with Crippen molar-refractivity contribution in [2.75, 3.05) is 5.32 Å². The third-order valence-corrected chi connectivity index (χ3v) is 2.66. The number of nitrogens with one attached hydrogen (secondary N) is 1. The molecule has 0 aliphatic heterocycles. The second-order valence-corrected chi connectivity index (χ2v) is 4.05. The fourth-order valence-corrected chi connectivity index (χ4v) is 1.77. The number of hydrogen-bond donors (Lipinski definition) is 1. The van der Waals surface area contributed by atoms with E-state index in [1.54, 1.807) is 18.3 Å². The van der Waals surface area contributed by atoms with Gasteiger partial charge < -0.3 is 5.32 Å². The number of halogens is 1. The molecular formula is C14H11FN4. The molecule has 3 rings (SSSR count). The Morgan fingerprint density at radius 3 is 2.63 bits per heavy atom. The molecule has 0 aliphatic carbocycles. The lowest BCUT2D eigenvalue weighted by atomic mass is 10.3. The van der Waals surface area contributed by atoms with E-state index in [-0.39, 0.29) is 0 Å². The van der Waals surface area contributed by atoms with Crippen LogP contribution < -0.4 is 5.32 Å². The van der Waals surface area contributed by atoms with Gasteiger partial charge in [0.15, 0.2) is 0 Å². The van der Waals surface area contributed by atoms with Crippen molar-refractivity contribution in [3.63, 3.8) is 0 Å². The quantitative estimate of drug-likeness (QED) is 0.730. The van der Waals surface area contributed by atoms with Crippen LogP contribution in [0, 0.1) is 5.95 Å². The van der Waals surface area contributed by atoms with Crippen molar-refractivity contribution in [2.24, 2.45) is 0 Å². The Bertz CT molecular complexity index is 714. The van der Waals surface area contributed by atoms with Crippen LogP contribution in [0.3, 0.4) is 0 Å². The second kappa shape index (κ2) is 4.97. The minimum absolute atomic E-state index is 0.453. The molecule has 94 valence electrons. The Hall–Kier alpha value is -2.56. The average Bonchev–Trinajstić information content (AvgIpc) is 2.45. The summed E-state index contributed by atoms with van der Waals surface area (Å²) in [6, 6.07) is 12.3. The molecule has 3 aromatic rings. The largest absolute Gasteiger partial charge is 0.364 e. The molecule has 0 amide bonds. The number of aromatic nitrogens is 3. The summed E-state index contributed by atoms with van der Waals surface area (Å²) in [5.74, 6) is -0.0236. The first kappa shape index (κ1) is 11.5. The van der Waals surface area contributed by atoms with E-state index in [4.69, 9.17) is 0 Å². The number of nitrogens with zero attached hydrogens (tertiary/aromatic N) is 3. The van der Waals surface area contributed by atoms with E-state index in [2.05, 4.69) is 20.3 Å². The van der Waals surface area contributed by atoms with Crippen molar-refractivity contribution in [3.8, 4) is 0 Å². The summed E-state index contributed by atoms with van der Waals surface area (Å²) in [6.45, 7) is 0.453. The SMILES string of the molecule is Fc1cccc(NCc2cnc3ccccc3n2)n1. The molecule has 0 unspecified atom stereocenters. The van der Waals surface area contributed by atoms with Crippen molar-refractivity contribution in [3.05, 3.63) is 60.3 Å². The minimum Gasteiger partial charge on any atom is -0.364 e. The van der Waals surface area contributed by atoms with Crippen LogP contribution >= 0.6 is 0 Å². The van der Waals surface area contributed by atoms with Crippen LogP contribution in [-0.4, -0.2) is 15.0 Å². The predicted octanol–water partition coefficient (Wildman–Crippen LogP) is 2.78. The van der Waals surface area contributed by atoms with Crippen molar-refractivity contribution in [2.45, 2.75) is 6.54 Å². The van der Waals surface area contributed by atoms with Gasteiger partial charge in [-0.1, -0.05) is 18.2 Å². The molecule has 2 heterocycles. The van der Waals surface area contributed by atoms with E-state index in [0.717, 1.165) is 16.7 Å². The molecule has 0 fully saturated rings. The number of para-hydroxylation sites is 2. The molecule has 19 heavy (non-hydrogen) atoms. The normalized spacial score (nSPS) is 10.6. The predicted molar refractivity (Wildman–Crippen MR) is 71.1 cm³/mol. The van der Waals surface area contributed by atoms with Gasteiger partial charge in [0.1, 0.15) is 5.82 Å². The van der Waals surface area contributed by atoms with E-state index in [9.17, 15) is 4.39 Å². The number of rotatable bonds is 3. The summed E-state index contributed by atoms with van der Waals surface area (Å²) in [6.07, 6.45) is 1.70. The molecule has 1 aromatic carbocycles. The number of fused-ring (bicyclic) bond motifs is 1. The van der Waals surface area contributed by atoms with Gasteiger partial charge in [0.2, 0.25) is 5.95 Å². The zero-order chi connectivity index (χ0) is 13.1. The zero-order valence-electron chi connectivity index (χ0n) is 10.0. The maximum Gasteiger partial charge on any atom is 0.214 e. The zero-order valence-corrected chi connectivity index (χ0v) is 10.0. The second-order valence-electron chi connectivity index (χ2n) is 4.05. The Labute approximate surface area is 109 Å². The molecule has 1 N–H and O–H groups in total. The lowest BCUT2D eigenvalue weighted by Gasteiger charge is -2.05. The summed E-state index contributed by atoms with van der Waals surface area (Å²) in [5, 5.41) is 3.01. The summed E-state index contributed by atoms with van der Waals surface area (Å²) in [4.78, 5) is 12.5. The lowest BCUT2D eigenvalue weighted by molar-refractivity contribution is 0.585. The molecule has 2 aromatic heterocycles. The highest BCUT2D eigenvalue weighted by molar-refractivity contribution is 5.73. The molecule has 0 radical (unpaired) electrons. The first-order valence-electron chi connectivity index (χ1n) is 5.88. The number of hydrogen-bond acceptors (Lipinski definition) is 4. The van der Waals surface area contributed by atoms with Crippen LogP contribution in [0.25, 0.3) is 11.0 Å². The van der Waals surface area contributed by atoms with E-state index in [0.29, 0.717) is 12.4 Å². The van der Waals surface area contributed by atoms with Crippen LogP contribution in [0.5, 0.6) is 0 Å². The van der Waals surface area contributed by atoms with Gasteiger partial charge in [0.25, 0.3) is 0 Å². The van der Waals surface area contributed by atoms with Crippen LogP contribution in [0.4, 0.5) is 10.2 Å². The van der Waals surface area contributed by atoms with Crippen molar-refractivity contribution < 1.29 is 4.39 Å². The molecule has 0 aliphatic rings. The average molecular weight is 254 g/mol. The van der Waals surface area contributed by atoms with E-state index in [1.807, 2.05) is 24.3 Å². The maximum absolute atomic E-state index is 12.9. The van der Waals surface area contributed by atoms with Crippen molar-refractivity contribution >= 4 is 16.9 Å². The third-order valence-electron chi connectivity index (χ3n) is 2.66. The van der Waals surface area contributed by atoms with Crippen molar-refractivity contribution in [1.29, 1.82) is 0 Å². The highest BCUT2D eigenvalue weighted by Gasteiger charge is 2.00. The Balaban J connectivity index is 1.78. The maximum atomic E-state index is 12.9.